The number of halogens is 4. The molecular weight excluding hydrogens is 609 g/mol. The number of carbonyl (C=O) groups is 3. The number of carbonyl (C=O) groups excluding carboxylic acids is 3. The number of alkyl halides is 1. The van der Waals surface area contributed by atoms with Crippen molar-refractivity contribution >= 4 is 45.9 Å². The minimum atomic E-state index is -1.49. The maximum absolute atomic E-state index is 15.5. The van der Waals surface area contributed by atoms with E-state index in [4.69, 9.17) is 17.3 Å². The summed E-state index contributed by atoms with van der Waals surface area (Å²) in [5.41, 5.74) is 7.46. The third-order valence-electron chi connectivity index (χ3n) is 7.62. The summed E-state index contributed by atoms with van der Waals surface area (Å²) in [7, 11) is 0. The van der Waals surface area contributed by atoms with Crippen LogP contribution in [0.25, 0.3) is 33.2 Å². The van der Waals surface area contributed by atoms with Gasteiger partial charge in [0.05, 0.1) is 17.7 Å². The second-order valence-corrected chi connectivity index (χ2v) is 10.9. The lowest BCUT2D eigenvalue weighted by molar-refractivity contribution is -0.137. The molecule has 3 heterocycles. The Kier molecular flexibility index (Phi) is 7.98. The molecular formula is C32H24ClF3N6O3. The molecule has 1 unspecified atom stereocenters. The SMILES string of the molecule is NC(=O)c1nn(CC(=O)N2C[C@H](F)CC2C(=O)Nc2cccc(-c3ccccc3Cl)c2F)c2ccc(-c3ccc(F)nc3)cc12. The molecule has 9 nitrogen and oxygen atoms in total. The highest BCUT2D eigenvalue weighted by molar-refractivity contribution is 6.33. The number of amides is 3. The van der Waals surface area contributed by atoms with Gasteiger partial charge < -0.3 is 16.0 Å². The van der Waals surface area contributed by atoms with Gasteiger partial charge >= 0.3 is 0 Å². The van der Waals surface area contributed by atoms with E-state index in [9.17, 15) is 23.2 Å². The molecule has 2 atom stereocenters. The van der Waals surface area contributed by atoms with E-state index in [1.54, 1.807) is 48.5 Å². The Balaban J connectivity index is 1.25. The molecule has 228 valence electrons. The molecule has 3 N–H and O–H groups in total. The number of likely N-dealkylation sites (tertiary alicyclic amines) is 1. The van der Waals surface area contributed by atoms with Crippen molar-refractivity contribution in [3.05, 3.63) is 101 Å². The Labute approximate surface area is 259 Å². The molecule has 0 saturated carbocycles. The van der Waals surface area contributed by atoms with Gasteiger partial charge in [-0.2, -0.15) is 9.49 Å². The fraction of sp³-hybridized carbons (Fsp3) is 0.156. The zero-order chi connectivity index (χ0) is 31.8. The molecule has 13 heteroatoms. The summed E-state index contributed by atoms with van der Waals surface area (Å²) < 4.78 is 44.7. The van der Waals surface area contributed by atoms with Crippen LogP contribution in [0.4, 0.5) is 18.9 Å². The van der Waals surface area contributed by atoms with Crippen LogP contribution in [-0.2, 0) is 16.1 Å². The highest BCUT2D eigenvalue weighted by Crippen LogP contribution is 2.33. The van der Waals surface area contributed by atoms with Crippen LogP contribution in [0.15, 0.2) is 79.0 Å². The van der Waals surface area contributed by atoms with Gasteiger partial charge in [0.2, 0.25) is 17.8 Å². The number of rotatable bonds is 7. The zero-order valence-electron chi connectivity index (χ0n) is 23.4. The molecule has 6 rings (SSSR count). The number of benzene rings is 3. The van der Waals surface area contributed by atoms with E-state index in [0.717, 1.165) is 4.90 Å². The number of fused-ring (bicyclic) bond motifs is 1. The summed E-state index contributed by atoms with van der Waals surface area (Å²) in [6, 6.07) is 17.5. The quantitative estimate of drug-likeness (QED) is 0.234. The zero-order valence-corrected chi connectivity index (χ0v) is 24.1. The van der Waals surface area contributed by atoms with Gasteiger partial charge in [0.25, 0.3) is 5.91 Å². The summed E-state index contributed by atoms with van der Waals surface area (Å²) in [4.78, 5) is 43.7. The summed E-state index contributed by atoms with van der Waals surface area (Å²) >= 11 is 6.24. The summed E-state index contributed by atoms with van der Waals surface area (Å²) in [5, 5.41) is 7.38. The Bertz CT molecular complexity index is 1970. The van der Waals surface area contributed by atoms with Crippen molar-refractivity contribution in [2.45, 2.75) is 25.2 Å². The van der Waals surface area contributed by atoms with Crippen molar-refractivity contribution in [2.24, 2.45) is 5.73 Å². The number of pyridine rings is 1. The summed E-state index contributed by atoms with van der Waals surface area (Å²) in [6.45, 7) is -0.795. The van der Waals surface area contributed by atoms with Crippen LogP contribution in [0.2, 0.25) is 5.02 Å². The third-order valence-corrected chi connectivity index (χ3v) is 7.95. The first kappa shape index (κ1) is 29.8. The minimum absolute atomic E-state index is 0.109. The lowest BCUT2D eigenvalue weighted by Gasteiger charge is -2.24. The van der Waals surface area contributed by atoms with Crippen LogP contribution in [-0.4, -0.2) is 56.1 Å². The van der Waals surface area contributed by atoms with E-state index in [0.29, 0.717) is 32.6 Å². The smallest absolute Gasteiger partial charge is 0.269 e. The molecule has 1 saturated heterocycles. The number of hydrogen-bond donors (Lipinski definition) is 2. The molecule has 1 fully saturated rings. The molecule has 3 amide bonds. The summed E-state index contributed by atoms with van der Waals surface area (Å²) in [5.74, 6) is -3.63. The van der Waals surface area contributed by atoms with Crippen LogP contribution in [0.5, 0.6) is 0 Å². The van der Waals surface area contributed by atoms with Crippen molar-refractivity contribution in [1.29, 1.82) is 0 Å². The highest BCUT2D eigenvalue weighted by Gasteiger charge is 2.40. The number of hydrogen-bond acceptors (Lipinski definition) is 5. The second kappa shape index (κ2) is 12.0. The maximum Gasteiger partial charge on any atom is 0.269 e. The van der Waals surface area contributed by atoms with Crippen LogP contribution in [0, 0.1) is 11.8 Å². The fourth-order valence-corrected chi connectivity index (χ4v) is 5.71. The second-order valence-electron chi connectivity index (χ2n) is 10.5. The lowest BCUT2D eigenvalue weighted by atomic mass is 10.0. The van der Waals surface area contributed by atoms with Crippen LogP contribution in [0.1, 0.15) is 16.9 Å². The predicted molar refractivity (Wildman–Crippen MR) is 162 cm³/mol. The average Bonchev–Trinajstić information content (AvgIpc) is 3.59. The first-order valence-electron chi connectivity index (χ1n) is 13.8. The number of nitrogens with two attached hydrogens (primary N) is 1. The molecule has 45 heavy (non-hydrogen) atoms. The maximum atomic E-state index is 15.5. The van der Waals surface area contributed by atoms with Crippen molar-refractivity contribution in [3.8, 4) is 22.3 Å². The van der Waals surface area contributed by atoms with E-state index in [-0.39, 0.29) is 29.9 Å². The normalized spacial score (nSPS) is 16.2. The molecule has 2 aromatic heterocycles. The van der Waals surface area contributed by atoms with Crippen molar-refractivity contribution in [3.63, 3.8) is 0 Å². The van der Waals surface area contributed by atoms with E-state index >= 15 is 4.39 Å². The Morgan fingerprint density at radius 2 is 1.73 bits per heavy atom. The molecule has 0 spiro atoms. The minimum Gasteiger partial charge on any atom is -0.364 e. The number of nitrogens with one attached hydrogen (secondary N) is 1. The molecule has 1 aliphatic heterocycles. The van der Waals surface area contributed by atoms with E-state index in [1.165, 1.54) is 35.1 Å². The highest BCUT2D eigenvalue weighted by atomic mass is 35.5. The van der Waals surface area contributed by atoms with Gasteiger partial charge in [-0.25, -0.2) is 13.8 Å². The van der Waals surface area contributed by atoms with Gasteiger partial charge in [0, 0.05) is 39.7 Å². The molecule has 0 radical (unpaired) electrons. The standard InChI is InChI=1S/C32H24ClF3N6O3/c33-23-6-2-1-4-20(23)21-5-3-7-24(29(21)36)39-32(45)26-13-19(34)15-41(26)28(43)16-42-25-10-8-17(18-9-11-27(35)38-14-18)12-22(25)30(40-42)31(37)44/h1-12,14,19,26H,13,15-16H2,(H2,37,44)(H,39,45)/t19-,26?/m1/s1. The number of nitrogens with zero attached hydrogens (tertiary/aromatic N) is 4. The predicted octanol–water partition coefficient (Wildman–Crippen LogP) is 5.37. The number of anilines is 1. The monoisotopic (exact) mass is 632 g/mol. The Morgan fingerprint density at radius 3 is 2.47 bits per heavy atom. The van der Waals surface area contributed by atoms with Crippen LogP contribution in [0.3, 0.4) is 0 Å². The Hall–Kier alpha value is -5.23. The van der Waals surface area contributed by atoms with E-state index in [1.807, 2.05) is 0 Å². The van der Waals surface area contributed by atoms with Crippen LogP contribution >= 0.6 is 11.6 Å². The topological polar surface area (TPSA) is 123 Å². The first-order chi connectivity index (χ1) is 21.6. The van der Waals surface area contributed by atoms with Crippen molar-refractivity contribution in [2.75, 3.05) is 11.9 Å². The van der Waals surface area contributed by atoms with Crippen molar-refractivity contribution < 1.29 is 27.6 Å². The molecule has 0 bridgehead atoms. The Morgan fingerprint density at radius 1 is 0.978 bits per heavy atom. The largest absolute Gasteiger partial charge is 0.364 e. The first-order valence-corrected chi connectivity index (χ1v) is 14.2. The van der Waals surface area contributed by atoms with Gasteiger partial charge in [0.15, 0.2) is 11.5 Å². The number of aromatic nitrogens is 3. The van der Waals surface area contributed by atoms with E-state index in [2.05, 4.69) is 15.4 Å². The van der Waals surface area contributed by atoms with Crippen molar-refractivity contribution in [1.82, 2.24) is 19.7 Å². The van der Waals surface area contributed by atoms with Gasteiger partial charge in [-0.3, -0.25) is 19.1 Å². The van der Waals surface area contributed by atoms with Gasteiger partial charge in [-0.15, -0.1) is 0 Å². The van der Waals surface area contributed by atoms with Crippen LogP contribution < -0.4 is 11.1 Å². The molecule has 3 aromatic carbocycles. The fourth-order valence-electron chi connectivity index (χ4n) is 5.47. The molecule has 1 aliphatic rings. The third kappa shape index (κ3) is 5.84. The lowest BCUT2D eigenvalue weighted by Crippen LogP contribution is -2.44. The van der Waals surface area contributed by atoms with Gasteiger partial charge in [-0.1, -0.05) is 48.0 Å². The van der Waals surface area contributed by atoms with Gasteiger partial charge in [0.1, 0.15) is 18.8 Å². The number of primary amides is 1. The average molecular weight is 633 g/mol. The molecule has 0 aliphatic carbocycles. The van der Waals surface area contributed by atoms with Gasteiger partial charge in [-0.05, 0) is 42.0 Å². The summed E-state index contributed by atoms with van der Waals surface area (Å²) in [6.07, 6.45) is -0.448. The van der Waals surface area contributed by atoms with E-state index < -0.39 is 48.2 Å². The molecule has 5 aromatic rings.